The van der Waals surface area contributed by atoms with Gasteiger partial charge in [-0.1, -0.05) is 5.16 Å². The number of carbonyl (C=O) groups excluding carboxylic acids is 1. The molecule has 0 saturated carbocycles. The molecule has 3 aromatic heterocycles. The van der Waals surface area contributed by atoms with Crippen molar-refractivity contribution in [2.75, 3.05) is 13.1 Å². The highest BCUT2D eigenvalue weighted by Gasteiger charge is 2.30. The molecule has 8 heteroatoms. The van der Waals surface area contributed by atoms with E-state index in [2.05, 4.69) is 20.4 Å². The Hall–Kier alpha value is -3.13. The minimum Gasteiger partial charge on any atom is -0.360 e. The van der Waals surface area contributed by atoms with Crippen molar-refractivity contribution in [3.63, 3.8) is 0 Å². The summed E-state index contributed by atoms with van der Waals surface area (Å²) in [6.07, 6.45) is 8.20. The van der Waals surface area contributed by atoms with E-state index in [4.69, 9.17) is 9.51 Å². The topological polar surface area (TPSA) is 97.0 Å². The second-order valence-electron chi connectivity index (χ2n) is 7.53. The Balaban J connectivity index is 1.40. The summed E-state index contributed by atoms with van der Waals surface area (Å²) < 4.78 is 5.35. The lowest BCUT2D eigenvalue weighted by Crippen LogP contribution is -2.37. The summed E-state index contributed by atoms with van der Waals surface area (Å²) >= 11 is 0. The molecular formula is C21H22N6O2. The van der Waals surface area contributed by atoms with Gasteiger partial charge in [-0.05, 0) is 38.4 Å². The summed E-state index contributed by atoms with van der Waals surface area (Å²) in [5, 5.41) is 7.55. The van der Waals surface area contributed by atoms with E-state index in [-0.39, 0.29) is 11.9 Å². The van der Waals surface area contributed by atoms with Crippen molar-refractivity contribution >= 4 is 5.91 Å². The highest BCUT2D eigenvalue weighted by atomic mass is 16.5. The van der Waals surface area contributed by atoms with Gasteiger partial charge in [-0.25, -0.2) is 9.97 Å². The van der Waals surface area contributed by atoms with E-state index in [1.807, 2.05) is 23.2 Å². The quantitative estimate of drug-likeness (QED) is 0.734. The molecule has 0 radical (unpaired) electrons. The van der Waals surface area contributed by atoms with E-state index >= 15 is 0 Å². The molecule has 1 unspecified atom stereocenters. The van der Waals surface area contributed by atoms with E-state index in [0.29, 0.717) is 30.1 Å². The molecule has 0 spiro atoms. The molecule has 2 aliphatic heterocycles. The van der Waals surface area contributed by atoms with Crippen LogP contribution in [0, 0.1) is 6.92 Å². The second-order valence-corrected chi connectivity index (χ2v) is 7.53. The predicted molar refractivity (Wildman–Crippen MR) is 105 cm³/mol. The Morgan fingerprint density at radius 1 is 1.34 bits per heavy atom. The molecule has 148 valence electrons. The number of rotatable bonds is 3. The van der Waals surface area contributed by atoms with E-state index in [1.165, 1.54) is 0 Å². The number of carbonyl (C=O) groups is 1. The van der Waals surface area contributed by atoms with Gasteiger partial charge in [-0.15, -0.1) is 0 Å². The third kappa shape index (κ3) is 3.29. The van der Waals surface area contributed by atoms with Gasteiger partial charge in [0, 0.05) is 49.2 Å². The fourth-order valence-corrected chi connectivity index (χ4v) is 4.06. The molecule has 0 aliphatic carbocycles. The van der Waals surface area contributed by atoms with Crippen LogP contribution in [0.4, 0.5) is 0 Å². The summed E-state index contributed by atoms with van der Waals surface area (Å²) in [6.45, 7) is 3.88. The van der Waals surface area contributed by atoms with E-state index < -0.39 is 0 Å². The fraction of sp³-hybridized carbons (Fsp3) is 0.381. The molecule has 0 bridgehead atoms. The molecule has 1 amide bonds. The van der Waals surface area contributed by atoms with Gasteiger partial charge in [0.05, 0.1) is 11.7 Å². The zero-order chi connectivity index (χ0) is 19.8. The lowest BCUT2D eigenvalue weighted by Gasteiger charge is -2.28. The summed E-state index contributed by atoms with van der Waals surface area (Å²) in [7, 11) is 0. The molecule has 5 rings (SSSR count). The fourth-order valence-electron chi connectivity index (χ4n) is 4.06. The average molecular weight is 390 g/mol. The SMILES string of the molecule is Cc1onc(-c2cccnc2)c1C(=O)N1CCc2nc(C3CCCN3)ncc2C1. The van der Waals surface area contributed by atoms with Crippen LogP contribution in [0.25, 0.3) is 11.3 Å². The predicted octanol–water partition coefficient (Wildman–Crippen LogP) is 2.46. The van der Waals surface area contributed by atoms with Crippen molar-refractivity contribution in [3.8, 4) is 11.3 Å². The standard InChI is InChI=1S/C21H22N6O2/c1-13-18(19(26-29-13)14-4-2-7-22-10-14)21(28)27-9-6-16-15(12-27)11-24-20(25-16)17-5-3-8-23-17/h2,4,7,10-11,17,23H,3,5-6,8-9,12H2,1H3. The molecule has 1 N–H and O–H groups in total. The molecule has 1 fully saturated rings. The van der Waals surface area contributed by atoms with E-state index in [1.54, 1.807) is 19.3 Å². The third-order valence-corrected chi connectivity index (χ3v) is 5.62. The maximum absolute atomic E-state index is 13.3. The lowest BCUT2D eigenvalue weighted by atomic mass is 10.0. The Bertz CT molecular complexity index is 1040. The third-order valence-electron chi connectivity index (χ3n) is 5.62. The number of nitrogens with zero attached hydrogens (tertiary/aromatic N) is 5. The molecule has 29 heavy (non-hydrogen) atoms. The van der Waals surface area contributed by atoms with Crippen LogP contribution in [-0.2, 0) is 13.0 Å². The Labute approximate surface area is 168 Å². The first-order chi connectivity index (χ1) is 14.2. The Morgan fingerprint density at radius 3 is 3.07 bits per heavy atom. The highest BCUT2D eigenvalue weighted by Crippen LogP contribution is 2.28. The number of hydrogen-bond donors (Lipinski definition) is 1. The molecule has 3 aromatic rings. The van der Waals surface area contributed by atoms with E-state index in [0.717, 1.165) is 48.5 Å². The number of aromatic nitrogens is 4. The molecule has 0 aromatic carbocycles. The molecule has 8 nitrogen and oxygen atoms in total. The maximum Gasteiger partial charge on any atom is 0.260 e. The summed E-state index contributed by atoms with van der Waals surface area (Å²) in [4.78, 5) is 28.6. The first-order valence-corrected chi connectivity index (χ1v) is 9.94. The minimum atomic E-state index is -0.0882. The van der Waals surface area contributed by atoms with Gasteiger partial charge < -0.3 is 14.7 Å². The zero-order valence-corrected chi connectivity index (χ0v) is 16.3. The van der Waals surface area contributed by atoms with Crippen LogP contribution in [-0.4, -0.2) is 44.0 Å². The number of amides is 1. The number of aryl methyl sites for hydroxylation is 1. The molecule has 5 heterocycles. The van der Waals surface area contributed by atoms with Crippen molar-refractivity contribution in [1.29, 1.82) is 0 Å². The van der Waals surface area contributed by atoms with Crippen LogP contribution in [0.15, 0.2) is 35.2 Å². The maximum atomic E-state index is 13.3. The Morgan fingerprint density at radius 2 is 2.28 bits per heavy atom. The summed E-state index contributed by atoms with van der Waals surface area (Å²) in [6, 6.07) is 3.94. The van der Waals surface area contributed by atoms with Crippen LogP contribution in [0.3, 0.4) is 0 Å². The zero-order valence-electron chi connectivity index (χ0n) is 16.3. The monoisotopic (exact) mass is 390 g/mol. The number of hydrogen-bond acceptors (Lipinski definition) is 7. The van der Waals surface area contributed by atoms with Crippen LogP contribution < -0.4 is 5.32 Å². The van der Waals surface area contributed by atoms with Gasteiger partial charge in [0.15, 0.2) is 0 Å². The average Bonchev–Trinajstić information content (AvgIpc) is 3.43. The second kappa shape index (κ2) is 7.36. The minimum absolute atomic E-state index is 0.0882. The lowest BCUT2D eigenvalue weighted by molar-refractivity contribution is 0.0732. The van der Waals surface area contributed by atoms with Crippen molar-refractivity contribution in [2.24, 2.45) is 0 Å². The molecule has 2 aliphatic rings. The van der Waals surface area contributed by atoms with Gasteiger partial charge in [-0.3, -0.25) is 9.78 Å². The number of nitrogens with one attached hydrogen (secondary N) is 1. The van der Waals surface area contributed by atoms with Crippen LogP contribution >= 0.6 is 0 Å². The Kier molecular flexibility index (Phi) is 4.55. The van der Waals surface area contributed by atoms with Crippen molar-refractivity contribution < 1.29 is 9.32 Å². The van der Waals surface area contributed by atoms with Gasteiger partial charge in [0.2, 0.25) is 0 Å². The van der Waals surface area contributed by atoms with Crippen LogP contribution in [0.2, 0.25) is 0 Å². The van der Waals surface area contributed by atoms with Gasteiger partial charge in [0.1, 0.15) is 22.8 Å². The van der Waals surface area contributed by atoms with Gasteiger partial charge >= 0.3 is 0 Å². The van der Waals surface area contributed by atoms with Crippen molar-refractivity contribution in [1.82, 2.24) is 30.3 Å². The van der Waals surface area contributed by atoms with E-state index in [9.17, 15) is 4.79 Å². The first-order valence-electron chi connectivity index (χ1n) is 9.94. The molecule has 1 saturated heterocycles. The smallest absolute Gasteiger partial charge is 0.260 e. The van der Waals surface area contributed by atoms with Crippen molar-refractivity contribution in [3.05, 3.63) is 59.1 Å². The molecule has 1 atom stereocenters. The van der Waals surface area contributed by atoms with Crippen LogP contribution in [0.1, 0.15) is 52.1 Å². The van der Waals surface area contributed by atoms with Gasteiger partial charge in [-0.2, -0.15) is 0 Å². The number of pyridine rings is 1. The summed E-state index contributed by atoms with van der Waals surface area (Å²) in [5.41, 5.74) is 3.84. The number of fused-ring (bicyclic) bond motifs is 1. The summed E-state index contributed by atoms with van der Waals surface area (Å²) in [5.74, 6) is 1.29. The van der Waals surface area contributed by atoms with Crippen molar-refractivity contribution in [2.45, 2.75) is 38.8 Å². The largest absolute Gasteiger partial charge is 0.360 e. The molecular weight excluding hydrogens is 368 g/mol. The van der Waals surface area contributed by atoms with Gasteiger partial charge in [0.25, 0.3) is 5.91 Å². The first kappa shape index (κ1) is 17.9. The van der Waals surface area contributed by atoms with Crippen LogP contribution in [0.5, 0.6) is 0 Å². The highest BCUT2D eigenvalue weighted by molar-refractivity contribution is 6.00. The normalized spacial score (nSPS) is 18.7.